The lowest BCUT2D eigenvalue weighted by Gasteiger charge is -2.35. The molecule has 1 aliphatic heterocycles. The Morgan fingerprint density at radius 2 is 1.92 bits per heavy atom. The second-order valence-corrected chi connectivity index (χ2v) is 6.86. The summed E-state index contributed by atoms with van der Waals surface area (Å²) in [4.78, 5) is 26.1. The molecule has 0 atom stereocenters. The van der Waals surface area contributed by atoms with Crippen LogP contribution in [0, 0.1) is 6.92 Å². The molecule has 1 amide bonds. The zero-order valence-corrected chi connectivity index (χ0v) is 14.7. The predicted molar refractivity (Wildman–Crippen MR) is 96.3 cm³/mol. The first-order valence-corrected chi connectivity index (χ1v) is 9.00. The number of hydrogen-bond donors (Lipinski definition) is 0. The monoisotopic (exact) mass is 354 g/mol. The number of nitrogens with zero attached hydrogens (tertiary/aromatic N) is 6. The molecule has 8 heteroatoms. The summed E-state index contributed by atoms with van der Waals surface area (Å²) in [6.45, 7) is 4.91. The largest absolute Gasteiger partial charge is 0.353 e. The SMILES string of the molecule is Cc1csc(C(=O)N2CCN(c3cc(-n4cccn4)ncn3)CC2)c1. The van der Waals surface area contributed by atoms with Crippen molar-refractivity contribution in [1.82, 2.24) is 24.6 Å². The Balaban J connectivity index is 1.44. The number of piperazine rings is 1. The number of hydrogen-bond acceptors (Lipinski definition) is 6. The van der Waals surface area contributed by atoms with E-state index in [1.54, 1.807) is 17.2 Å². The van der Waals surface area contributed by atoms with Gasteiger partial charge in [-0.2, -0.15) is 5.10 Å². The van der Waals surface area contributed by atoms with Crippen molar-refractivity contribution >= 4 is 23.1 Å². The van der Waals surface area contributed by atoms with E-state index in [1.165, 1.54) is 11.3 Å². The van der Waals surface area contributed by atoms with Crippen LogP contribution in [0.1, 0.15) is 15.2 Å². The van der Waals surface area contributed by atoms with Crippen LogP contribution in [0.15, 0.2) is 42.3 Å². The third-order valence-electron chi connectivity index (χ3n) is 4.21. The zero-order valence-electron chi connectivity index (χ0n) is 13.9. The van der Waals surface area contributed by atoms with Gasteiger partial charge in [0.05, 0.1) is 4.88 Å². The van der Waals surface area contributed by atoms with Crippen molar-refractivity contribution in [2.24, 2.45) is 0 Å². The second-order valence-electron chi connectivity index (χ2n) is 5.95. The molecule has 1 aliphatic rings. The van der Waals surface area contributed by atoms with Crippen molar-refractivity contribution in [2.45, 2.75) is 6.92 Å². The number of aryl methyl sites for hydroxylation is 1. The van der Waals surface area contributed by atoms with Gasteiger partial charge in [-0.05, 0) is 30.0 Å². The lowest BCUT2D eigenvalue weighted by Crippen LogP contribution is -2.48. The molecule has 128 valence electrons. The highest BCUT2D eigenvalue weighted by atomic mass is 32.1. The molecule has 0 saturated carbocycles. The Hall–Kier alpha value is -2.74. The summed E-state index contributed by atoms with van der Waals surface area (Å²) < 4.78 is 1.71. The van der Waals surface area contributed by atoms with Crippen molar-refractivity contribution in [3.05, 3.63) is 52.7 Å². The molecule has 1 saturated heterocycles. The first-order chi connectivity index (χ1) is 12.2. The molecule has 3 aromatic rings. The molecule has 7 nitrogen and oxygen atoms in total. The number of amides is 1. The Bertz CT molecular complexity index is 867. The van der Waals surface area contributed by atoms with Crippen LogP contribution in [0.25, 0.3) is 5.82 Å². The Morgan fingerprint density at radius 3 is 2.60 bits per heavy atom. The predicted octanol–water partition coefficient (Wildman–Crippen LogP) is 1.99. The van der Waals surface area contributed by atoms with E-state index in [4.69, 9.17) is 0 Å². The van der Waals surface area contributed by atoms with Crippen LogP contribution < -0.4 is 4.90 Å². The molecule has 25 heavy (non-hydrogen) atoms. The summed E-state index contributed by atoms with van der Waals surface area (Å²) in [6.07, 6.45) is 5.13. The zero-order chi connectivity index (χ0) is 17.2. The van der Waals surface area contributed by atoms with Crippen molar-refractivity contribution in [3.8, 4) is 5.82 Å². The summed E-state index contributed by atoms with van der Waals surface area (Å²) >= 11 is 1.51. The molecule has 0 aromatic carbocycles. The lowest BCUT2D eigenvalue weighted by atomic mass is 10.2. The van der Waals surface area contributed by atoms with Crippen molar-refractivity contribution in [2.75, 3.05) is 31.1 Å². The Kier molecular flexibility index (Phi) is 4.19. The van der Waals surface area contributed by atoms with Crippen molar-refractivity contribution < 1.29 is 4.79 Å². The van der Waals surface area contributed by atoms with Gasteiger partial charge in [-0.15, -0.1) is 11.3 Å². The molecule has 4 rings (SSSR count). The lowest BCUT2D eigenvalue weighted by molar-refractivity contribution is 0.0751. The molecule has 0 aliphatic carbocycles. The molecule has 0 unspecified atom stereocenters. The van der Waals surface area contributed by atoms with Gasteiger partial charge in [-0.25, -0.2) is 14.6 Å². The molecule has 4 heterocycles. The molecule has 1 fully saturated rings. The maximum atomic E-state index is 12.5. The van der Waals surface area contributed by atoms with E-state index in [0.29, 0.717) is 13.1 Å². The number of thiophene rings is 1. The summed E-state index contributed by atoms with van der Waals surface area (Å²) in [5, 5.41) is 6.21. The van der Waals surface area contributed by atoms with Gasteiger partial charge in [0.2, 0.25) is 0 Å². The van der Waals surface area contributed by atoms with Crippen LogP contribution in [-0.4, -0.2) is 56.7 Å². The number of aromatic nitrogens is 4. The minimum Gasteiger partial charge on any atom is -0.353 e. The smallest absolute Gasteiger partial charge is 0.264 e. The van der Waals surface area contributed by atoms with Gasteiger partial charge in [-0.3, -0.25) is 4.79 Å². The first-order valence-electron chi connectivity index (χ1n) is 8.12. The average molecular weight is 354 g/mol. The van der Waals surface area contributed by atoms with Gasteiger partial charge in [0.1, 0.15) is 12.1 Å². The van der Waals surface area contributed by atoms with Gasteiger partial charge in [0, 0.05) is 44.6 Å². The first kappa shape index (κ1) is 15.8. The highest BCUT2D eigenvalue weighted by Gasteiger charge is 2.24. The molecule has 0 bridgehead atoms. The minimum atomic E-state index is 0.123. The normalized spacial score (nSPS) is 14.8. The number of rotatable bonds is 3. The van der Waals surface area contributed by atoms with E-state index < -0.39 is 0 Å². The van der Waals surface area contributed by atoms with Gasteiger partial charge in [0.25, 0.3) is 5.91 Å². The van der Waals surface area contributed by atoms with Gasteiger partial charge in [0.15, 0.2) is 5.82 Å². The van der Waals surface area contributed by atoms with Crippen LogP contribution in [0.3, 0.4) is 0 Å². The molecular formula is C17H18N6OS. The second kappa shape index (κ2) is 6.64. The van der Waals surface area contributed by atoms with E-state index in [1.807, 2.05) is 41.6 Å². The molecule has 3 aromatic heterocycles. The Labute approximate surface area is 149 Å². The van der Waals surface area contributed by atoms with Gasteiger partial charge < -0.3 is 9.80 Å². The molecule has 0 N–H and O–H groups in total. The minimum absolute atomic E-state index is 0.123. The fraction of sp³-hybridized carbons (Fsp3) is 0.294. The quantitative estimate of drug-likeness (QED) is 0.720. The highest BCUT2D eigenvalue weighted by Crippen LogP contribution is 2.19. The van der Waals surface area contributed by atoms with E-state index in [-0.39, 0.29) is 5.91 Å². The van der Waals surface area contributed by atoms with E-state index in [2.05, 4.69) is 20.0 Å². The summed E-state index contributed by atoms with van der Waals surface area (Å²) in [5.41, 5.74) is 1.14. The Morgan fingerprint density at radius 1 is 1.12 bits per heavy atom. The summed E-state index contributed by atoms with van der Waals surface area (Å²) in [5.74, 6) is 1.72. The summed E-state index contributed by atoms with van der Waals surface area (Å²) in [7, 11) is 0. The summed E-state index contributed by atoms with van der Waals surface area (Å²) in [6, 6.07) is 5.74. The standard InChI is InChI=1S/C17H18N6OS/c1-13-9-14(25-11-13)17(24)22-7-5-21(6-8-22)15-10-16(19-12-18-15)23-4-2-3-20-23/h2-4,9-12H,5-8H2,1H3. The van der Waals surface area contributed by atoms with Gasteiger partial charge >= 0.3 is 0 Å². The number of anilines is 1. The van der Waals surface area contributed by atoms with Crippen molar-refractivity contribution in [3.63, 3.8) is 0 Å². The average Bonchev–Trinajstić information content (AvgIpc) is 3.33. The van der Waals surface area contributed by atoms with Crippen molar-refractivity contribution in [1.29, 1.82) is 0 Å². The van der Waals surface area contributed by atoms with Crippen LogP contribution in [0.4, 0.5) is 5.82 Å². The van der Waals surface area contributed by atoms with Crippen LogP contribution in [-0.2, 0) is 0 Å². The molecule has 0 radical (unpaired) electrons. The molecular weight excluding hydrogens is 336 g/mol. The van der Waals surface area contributed by atoms with Gasteiger partial charge in [-0.1, -0.05) is 0 Å². The molecule has 0 spiro atoms. The third kappa shape index (κ3) is 3.25. The fourth-order valence-electron chi connectivity index (χ4n) is 2.88. The van der Waals surface area contributed by atoms with E-state index in [0.717, 1.165) is 35.2 Å². The van der Waals surface area contributed by atoms with Crippen LogP contribution in [0.5, 0.6) is 0 Å². The maximum Gasteiger partial charge on any atom is 0.264 e. The van der Waals surface area contributed by atoms with Crippen LogP contribution in [0.2, 0.25) is 0 Å². The van der Waals surface area contributed by atoms with E-state index in [9.17, 15) is 4.79 Å². The highest BCUT2D eigenvalue weighted by molar-refractivity contribution is 7.12. The fourth-order valence-corrected chi connectivity index (χ4v) is 3.74. The van der Waals surface area contributed by atoms with E-state index >= 15 is 0 Å². The number of carbonyl (C=O) groups excluding carboxylic acids is 1. The third-order valence-corrected chi connectivity index (χ3v) is 5.25. The van der Waals surface area contributed by atoms with Crippen LogP contribution >= 0.6 is 11.3 Å². The topological polar surface area (TPSA) is 67.2 Å². The maximum absolute atomic E-state index is 12.5. The number of carbonyl (C=O) groups is 1.